The molecule has 0 bridgehead atoms. The van der Waals surface area contributed by atoms with Crippen LogP contribution in [0.4, 0.5) is 0 Å². The van der Waals surface area contributed by atoms with Crippen LogP contribution in [-0.4, -0.2) is 13.0 Å². The number of rotatable bonds is 3. The number of amides is 1. The zero-order valence-electron chi connectivity index (χ0n) is 11.1. The Bertz CT molecular complexity index is 622. The Morgan fingerprint density at radius 3 is 2.65 bits per heavy atom. The largest absolute Gasteiger partial charge is 0.497 e. The quantitative estimate of drug-likeness (QED) is 0.931. The highest BCUT2D eigenvalue weighted by Gasteiger charge is 2.28. The molecule has 0 fully saturated rings. The van der Waals surface area contributed by atoms with E-state index in [9.17, 15) is 4.79 Å². The molecule has 1 atom stereocenters. The van der Waals surface area contributed by atoms with E-state index in [1.807, 2.05) is 48.5 Å². The Hall–Kier alpha value is -2.49. The van der Waals surface area contributed by atoms with Gasteiger partial charge in [0.05, 0.1) is 13.0 Å². The molecular formula is C16H15NO3. The Morgan fingerprint density at radius 1 is 1.15 bits per heavy atom. The molecule has 0 saturated heterocycles. The summed E-state index contributed by atoms with van der Waals surface area (Å²) in [5.41, 5.74) is 4.48. The normalized spacial score (nSPS) is 16.9. The third-order valence-corrected chi connectivity index (χ3v) is 3.47. The molecule has 0 spiro atoms. The molecule has 1 aliphatic heterocycles. The van der Waals surface area contributed by atoms with Crippen molar-refractivity contribution in [2.45, 2.75) is 12.3 Å². The summed E-state index contributed by atoms with van der Waals surface area (Å²) in [4.78, 5) is 17.2. The monoisotopic (exact) mass is 269 g/mol. The molecule has 20 heavy (non-hydrogen) atoms. The average molecular weight is 269 g/mol. The SMILES string of the molecule is COc1ccc(CC2C(=O)NOc3ccccc32)cc1. The van der Waals surface area contributed by atoms with Crippen LogP contribution in [0, 0.1) is 0 Å². The van der Waals surface area contributed by atoms with Crippen LogP contribution in [0.1, 0.15) is 17.0 Å². The zero-order chi connectivity index (χ0) is 13.9. The molecule has 2 aromatic carbocycles. The van der Waals surface area contributed by atoms with Crippen molar-refractivity contribution in [2.75, 3.05) is 7.11 Å². The lowest BCUT2D eigenvalue weighted by Crippen LogP contribution is -2.37. The molecule has 0 aromatic heterocycles. The highest BCUT2D eigenvalue weighted by molar-refractivity contribution is 5.85. The summed E-state index contributed by atoms with van der Waals surface area (Å²) >= 11 is 0. The second kappa shape index (κ2) is 5.25. The Kier molecular flexibility index (Phi) is 3.29. The summed E-state index contributed by atoms with van der Waals surface area (Å²) < 4.78 is 5.14. The maximum Gasteiger partial charge on any atom is 0.260 e. The van der Waals surface area contributed by atoms with Crippen molar-refractivity contribution < 1.29 is 14.4 Å². The molecule has 3 rings (SSSR count). The molecule has 0 radical (unpaired) electrons. The van der Waals surface area contributed by atoms with Gasteiger partial charge in [0, 0.05) is 5.56 Å². The predicted molar refractivity (Wildman–Crippen MR) is 74.7 cm³/mol. The lowest BCUT2D eigenvalue weighted by molar-refractivity contribution is -0.130. The van der Waals surface area contributed by atoms with Gasteiger partial charge in [0.2, 0.25) is 0 Å². The van der Waals surface area contributed by atoms with E-state index < -0.39 is 0 Å². The van der Waals surface area contributed by atoms with E-state index in [0.29, 0.717) is 12.2 Å². The van der Waals surface area contributed by atoms with E-state index in [1.165, 1.54) is 0 Å². The molecule has 1 amide bonds. The van der Waals surface area contributed by atoms with Gasteiger partial charge in [-0.1, -0.05) is 30.3 Å². The molecule has 102 valence electrons. The first kappa shape index (κ1) is 12.5. The van der Waals surface area contributed by atoms with Crippen molar-refractivity contribution in [2.24, 2.45) is 0 Å². The summed E-state index contributed by atoms with van der Waals surface area (Å²) in [5.74, 6) is 1.18. The van der Waals surface area contributed by atoms with Crippen molar-refractivity contribution in [3.05, 3.63) is 59.7 Å². The summed E-state index contributed by atoms with van der Waals surface area (Å²) in [5, 5.41) is 0. The van der Waals surface area contributed by atoms with Gasteiger partial charge in [-0.2, -0.15) is 5.48 Å². The molecule has 4 nitrogen and oxygen atoms in total. The van der Waals surface area contributed by atoms with Gasteiger partial charge < -0.3 is 9.57 Å². The van der Waals surface area contributed by atoms with Crippen molar-refractivity contribution >= 4 is 5.91 Å². The van der Waals surface area contributed by atoms with Gasteiger partial charge in [-0.15, -0.1) is 0 Å². The van der Waals surface area contributed by atoms with Crippen LogP contribution < -0.4 is 15.1 Å². The average Bonchev–Trinajstić information content (AvgIpc) is 2.51. The number of ether oxygens (including phenoxy) is 1. The molecule has 2 aromatic rings. The van der Waals surface area contributed by atoms with E-state index in [-0.39, 0.29) is 11.8 Å². The van der Waals surface area contributed by atoms with Crippen LogP contribution in [0.5, 0.6) is 11.5 Å². The van der Waals surface area contributed by atoms with Crippen molar-refractivity contribution in [1.29, 1.82) is 0 Å². The van der Waals surface area contributed by atoms with Gasteiger partial charge in [0.1, 0.15) is 5.75 Å². The standard InChI is InChI=1S/C16H15NO3/c1-19-12-8-6-11(7-9-12)10-14-13-4-2-3-5-15(13)20-17-16(14)18/h2-9,14H,10H2,1H3,(H,17,18). The summed E-state index contributed by atoms with van der Waals surface area (Å²) in [6.45, 7) is 0. The maximum atomic E-state index is 12.0. The minimum atomic E-state index is -0.228. The van der Waals surface area contributed by atoms with Crippen LogP contribution in [-0.2, 0) is 11.2 Å². The van der Waals surface area contributed by atoms with Crippen LogP contribution in [0.3, 0.4) is 0 Å². The topological polar surface area (TPSA) is 47.6 Å². The summed E-state index contributed by atoms with van der Waals surface area (Å²) in [6.07, 6.45) is 0.635. The van der Waals surface area contributed by atoms with Gasteiger partial charge in [-0.3, -0.25) is 4.79 Å². The van der Waals surface area contributed by atoms with Gasteiger partial charge in [0.15, 0.2) is 5.75 Å². The molecule has 1 heterocycles. The summed E-state index contributed by atoms with van der Waals surface area (Å²) in [6, 6.07) is 15.4. The van der Waals surface area contributed by atoms with Crippen molar-refractivity contribution in [3.8, 4) is 11.5 Å². The number of hydroxylamine groups is 1. The van der Waals surface area contributed by atoms with Crippen LogP contribution >= 0.6 is 0 Å². The van der Waals surface area contributed by atoms with Gasteiger partial charge in [-0.05, 0) is 30.2 Å². The lowest BCUT2D eigenvalue weighted by atomic mass is 9.90. The molecular weight excluding hydrogens is 254 g/mol. The molecule has 0 aliphatic carbocycles. The van der Waals surface area contributed by atoms with E-state index in [4.69, 9.17) is 9.57 Å². The maximum absolute atomic E-state index is 12.0. The molecule has 1 unspecified atom stereocenters. The number of methoxy groups -OCH3 is 1. The first-order chi connectivity index (χ1) is 9.78. The number of nitrogens with one attached hydrogen (secondary N) is 1. The van der Waals surface area contributed by atoms with E-state index in [1.54, 1.807) is 7.11 Å². The van der Waals surface area contributed by atoms with Gasteiger partial charge in [-0.25, -0.2) is 0 Å². The first-order valence-electron chi connectivity index (χ1n) is 6.46. The van der Waals surface area contributed by atoms with E-state index in [2.05, 4.69) is 5.48 Å². The minimum absolute atomic E-state index is 0.112. The zero-order valence-corrected chi connectivity index (χ0v) is 11.1. The van der Waals surface area contributed by atoms with E-state index in [0.717, 1.165) is 16.9 Å². The lowest BCUT2D eigenvalue weighted by Gasteiger charge is -2.24. The van der Waals surface area contributed by atoms with Gasteiger partial charge in [0.25, 0.3) is 5.91 Å². The number of hydrogen-bond donors (Lipinski definition) is 1. The van der Waals surface area contributed by atoms with Crippen LogP contribution in [0.15, 0.2) is 48.5 Å². The highest BCUT2D eigenvalue weighted by Crippen LogP contribution is 2.32. The van der Waals surface area contributed by atoms with E-state index >= 15 is 0 Å². The number of carbonyl (C=O) groups excluding carboxylic acids is 1. The van der Waals surface area contributed by atoms with Crippen LogP contribution in [0.2, 0.25) is 0 Å². The fraction of sp³-hybridized carbons (Fsp3) is 0.188. The number of carbonyl (C=O) groups is 1. The first-order valence-corrected chi connectivity index (χ1v) is 6.46. The highest BCUT2D eigenvalue weighted by atomic mass is 16.7. The number of hydrogen-bond acceptors (Lipinski definition) is 3. The van der Waals surface area contributed by atoms with Crippen LogP contribution in [0.25, 0.3) is 0 Å². The molecule has 1 N–H and O–H groups in total. The summed E-state index contributed by atoms with van der Waals surface area (Å²) in [7, 11) is 1.64. The molecule has 0 saturated carbocycles. The minimum Gasteiger partial charge on any atom is -0.497 e. The second-order valence-corrected chi connectivity index (χ2v) is 4.71. The molecule has 4 heteroatoms. The van der Waals surface area contributed by atoms with Crippen molar-refractivity contribution in [3.63, 3.8) is 0 Å². The number of fused-ring (bicyclic) bond motifs is 1. The number of para-hydroxylation sites is 1. The predicted octanol–water partition coefficient (Wildman–Crippen LogP) is 2.45. The van der Waals surface area contributed by atoms with Crippen molar-refractivity contribution in [1.82, 2.24) is 5.48 Å². The third kappa shape index (κ3) is 2.32. The Labute approximate surface area is 117 Å². The Balaban J connectivity index is 1.87. The fourth-order valence-electron chi connectivity index (χ4n) is 2.38. The van der Waals surface area contributed by atoms with Gasteiger partial charge >= 0.3 is 0 Å². The number of benzene rings is 2. The molecule has 1 aliphatic rings. The smallest absolute Gasteiger partial charge is 0.260 e. The second-order valence-electron chi connectivity index (χ2n) is 4.71. The third-order valence-electron chi connectivity index (χ3n) is 3.47. The fourth-order valence-corrected chi connectivity index (χ4v) is 2.38. The Morgan fingerprint density at radius 2 is 1.90 bits per heavy atom.